The topological polar surface area (TPSA) is 112 Å². The van der Waals surface area contributed by atoms with Crippen LogP contribution >= 0.6 is 11.8 Å². The Bertz CT molecular complexity index is 1060. The van der Waals surface area contributed by atoms with Gasteiger partial charge in [0.05, 0.1) is 5.75 Å². The minimum atomic E-state index is -0.485. The number of anilines is 1. The van der Waals surface area contributed by atoms with Crippen molar-refractivity contribution >= 4 is 29.1 Å². The maximum Gasteiger partial charge on any atom is 0.263 e. The number of hydrogen-bond acceptors (Lipinski definition) is 6. The summed E-state index contributed by atoms with van der Waals surface area (Å²) in [4.78, 5) is 42.2. The number of nitrogens with zero attached hydrogens (tertiary/aromatic N) is 1. The van der Waals surface area contributed by atoms with Crippen molar-refractivity contribution in [3.05, 3.63) is 70.5 Å². The molecular weight excluding hydrogens is 378 g/mol. The zero-order valence-corrected chi connectivity index (χ0v) is 15.7. The van der Waals surface area contributed by atoms with E-state index in [1.165, 1.54) is 6.92 Å². The van der Waals surface area contributed by atoms with Gasteiger partial charge < -0.3 is 15.4 Å². The zero-order chi connectivity index (χ0) is 20.1. The normalized spacial score (nSPS) is 10.5. The lowest BCUT2D eigenvalue weighted by atomic mass is 10.1. The van der Waals surface area contributed by atoms with Crippen LogP contribution in [0, 0.1) is 0 Å². The van der Waals surface area contributed by atoms with Crippen LogP contribution in [0.25, 0.3) is 11.1 Å². The summed E-state index contributed by atoms with van der Waals surface area (Å²) in [6, 6.07) is 15.2. The molecule has 0 saturated heterocycles. The van der Waals surface area contributed by atoms with E-state index in [4.69, 9.17) is 0 Å². The van der Waals surface area contributed by atoms with E-state index in [0.29, 0.717) is 16.8 Å². The van der Waals surface area contributed by atoms with E-state index in [1.54, 1.807) is 54.6 Å². The average molecular weight is 395 g/mol. The maximum absolute atomic E-state index is 12.3. The number of rotatable bonds is 6. The van der Waals surface area contributed by atoms with Crippen molar-refractivity contribution < 1.29 is 14.7 Å². The fraction of sp³-hybridized carbons (Fsp3) is 0.100. The maximum atomic E-state index is 12.3. The van der Waals surface area contributed by atoms with E-state index >= 15 is 0 Å². The minimum absolute atomic E-state index is 0.0124. The summed E-state index contributed by atoms with van der Waals surface area (Å²) >= 11 is 0.995. The number of amides is 1. The summed E-state index contributed by atoms with van der Waals surface area (Å²) in [5, 5.41) is 13.0. The quantitative estimate of drug-likeness (QED) is 0.336. The molecule has 28 heavy (non-hydrogen) atoms. The van der Waals surface area contributed by atoms with Crippen LogP contribution in [0.1, 0.15) is 17.3 Å². The van der Waals surface area contributed by atoms with Crippen molar-refractivity contribution in [3.63, 3.8) is 0 Å². The number of aromatic nitrogens is 2. The highest BCUT2D eigenvalue weighted by atomic mass is 32.2. The number of aromatic hydroxyl groups is 1. The Morgan fingerprint density at radius 1 is 1.11 bits per heavy atom. The molecule has 0 saturated carbocycles. The third-order valence-corrected chi connectivity index (χ3v) is 4.73. The summed E-state index contributed by atoms with van der Waals surface area (Å²) in [6.45, 7) is 1.47. The molecule has 0 fully saturated rings. The first-order valence-electron chi connectivity index (χ1n) is 8.36. The number of H-pyrrole nitrogens is 1. The lowest BCUT2D eigenvalue weighted by Crippen LogP contribution is -2.16. The van der Waals surface area contributed by atoms with Gasteiger partial charge in [-0.15, -0.1) is 0 Å². The van der Waals surface area contributed by atoms with E-state index in [9.17, 15) is 19.5 Å². The van der Waals surface area contributed by atoms with Crippen LogP contribution < -0.4 is 10.9 Å². The first-order chi connectivity index (χ1) is 13.4. The molecule has 1 heterocycles. The van der Waals surface area contributed by atoms with Gasteiger partial charge in [-0.1, -0.05) is 42.1 Å². The Morgan fingerprint density at radius 2 is 1.79 bits per heavy atom. The number of thioether (sulfide) groups is 1. The van der Waals surface area contributed by atoms with E-state index in [1.807, 2.05) is 0 Å². The molecule has 142 valence electrons. The number of nitrogens with one attached hydrogen (secondary N) is 2. The second-order valence-corrected chi connectivity index (χ2v) is 6.87. The van der Waals surface area contributed by atoms with Gasteiger partial charge in [-0.3, -0.25) is 14.4 Å². The van der Waals surface area contributed by atoms with Crippen LogP contribution in [0.5, 0.6) is 5.88 Å². The smallest absolute Gasteiger partial charge is 0.263 e. The predicted molar refractivity (Wildman–Crippen MR) is 108 cm³/mol. The van der Waals surface area contributed by atoms with Crippen LogP contribution in [0.2, 0.25) is 0 Å². The van der Waals surface area contributed by atoms with Crippen molar-refractivity contribution in [3.8, 4) is 17.0 Å². The Hall–Kier alpha value is -3.39. The van der Waals surface area contributed by atoms with E-state index in [-0.39, 0.29) is 28.2 Å². The van der Waals surface area contributed by atoms with Crippen LogP contribution in [-0.2, 0) is 4.79 Å². The monoisotopic (exact) mass is 395 g/mol. The molecule has 0 radical (unpaired) electrons. The van der Waals surface area contributed by atoms with E-state index in [0.717, 1.165) is 11.8 Å². The molecular formula is C20H17N3O4S. The molecule has 2 aromatic carbocycles. The molecule has 0 atom stereocenters. The number of ketones is 1. The molecule has 1 aromatic heterocycles. The average Bonchev–Trinajstić information content (AvgIpc) is 2.67. The summed E-state index contributed by atoms with van der Waals surface area (Å²) < 4.78 is 0. The standard InChI is InChI=1S/C20H17N3O4S/c1-12(24)13-7-9-15(10-8-13)21-16(25)11-28-20-22-18(26)17(19(27)23-20)14-5-3-2-4-6-14/h2-10H,11H2,1H3,(H,21,25)(H2,22,23,26,27). The van der Waals surface area contributed by atoms with Crippen molar-refractivity contribution in [2.24, 2.45) is 0 Å². The van der Waals surface area contributed by atoms with Gasteiger partial charge in [0.1, 0.15) is 5.56 Å². The van der Waals surface area contributed by atoms with Crippen molar-refractivity contribution in [1.29, 1.82) is 0 Å². The lowest BCUT2D eigenvalue weighted by Gasteiger charge is -2.07. The van der Waals surface area contributed by atoms with Gasteiger partial charge in [-0.2, -0.15) is 4.98 Å². The molecule has 0 bridgehead atoms. The van der Waals surface area contributed by atoms with Crippen LogP contribution in [-0.4, -0.2) is 32.5 Å². The fourth-order valence-corrected chi connectivity index (χ4v) is 3.15. The second kappa shape index (κ2) is 8.53. The SMILES string of the molecule is CC(=O)c1ccc(NC(=O)CSc2nc(O)c(-c3ccccc3)c(=O)[nH]2)cc1. The molecule has 8 heteroatoms. The van der Waals surface area contributed by atoms with E-state index in [2.05, 4.69) is 15.3 Å². The molecule has 0 spiro atoms. The second-order valence-electron chi connectivity index (χ2n) is 5.91. The molecule has 3 rings (SSSR count). The third kappa shape index (κ3) is 4.66. The Balaban J connectivity index is 1.65. The first-order valence-corrected chi connectivity index (χ1v) is 9.35. The Morgan fingerprint density at radius 3 is 2.39 bits per heavy atom. The number of hydrogen-bond donors (Lipinski definition) is 3. The lowest BCUT2D eigenvalue weighted by molar-refractivity contribution is -0.113. The highest BCUT2D eigenvalue weighted by molar-refractivity contribution is 7.99. The van der Waals surface area contributed by atoms with Gasteiger partial charge in [0, 0.05) is 11.3 Å². The fourth-order valence-electron chi connectivity index (χ4n) is 2.49. The molecule has 3 N–H and O–H groups in total. The van der Waals surface area contributed by atoms with Crippen LogP contribution in [0.3, 0.4) is 0 Å². The number of benzene rings is 2. The van der Waals surface area contributed by atoms with Gasteiger partial charge in [-0.05, 0) is 36.8 Å². The number of aromatic amines is 1. The molecule has 0 unspecified atom stereocenters. The van der Waals surface area contributed by atoms with Crippen molar-refractivity contribution in [1.82, 2.24) is 9.97 Å². The van der Waals surface area contributed by atoms with Gasteiger partial charge in [0.25, 0.3) is 5.56 Å². The van der Waals surface area contributed by atoms with Crippen molar-refractivity contribution in [2.75, 3.05) is 11.1 Å². The van der Waals surface area contributed by atoms with Gasteiger partial charge in [-0.25, -0.2) is 0 Å². The molecule has 0 aliphatic heterocycles. The molecule has 1 amide bonds. The van der Waals surface area contributed by atoms with Crippen LogP contribution in [0.4, 0.5) is 5.69 Å². The van der Waals surface area contributed by atoms with Crippen LogP contribution in [0.15, 0.2) is 64.5 Å². The van der Waals surface area contributed by atoms with Gasteiger partial charge in [0.15, 0.2) is 10.9 Å². The van der Waals surface area contributed by atoms with E-state index < -0.39 is 11.4 Å². The Labute approximate surface area is 164 Å². The first kappa shape index (κ1) is 19.4. The summed E-state index contributed by atoms with van der Waals surface area (Å²) in [6.07, 6.45) is 0. The zero-order valence-electron chi connectivity index (χ0n) is 14.9. The highest BCUT2D eigenvalue weighted by Crippen LogP contribution is 2.25. The minimum Gasteiger partial charge on any atom is -0.493 e. The van der Waals surface area contributed by atoms with Gasteiger partial charge >= 0.3 is 0 Å². The number of Topliss-reactive ketones (excluding diaryl/α,β-unsaturated/α-hetero) is 1. The number of carbonyl (C=O) groups is 2. The number of carbonyl (C=O) groups excluding carboxylic acids is 2. The summed E-state index contributed by atoms with van der Waals surface area (Å²) in [5.41, 5.74) is 1.26. The summed E-state index contributed by atoms with van der Waals surface area (Å²) in [5.74, 6) is -0.767. The molecule has 3 aromatic rings. The molecule has 0 aliphatic carbocycles. The summed E-state index contributed by atoms with van der Waals surface area (Å²) in [7, 11) is 0. The molecule has 0 aliphatic rings. The predicted octanol–water partition coefficient (Wildman–Crippen LogP) is 3.08. The molecule has 7 nitrogen and oxygen atoms in total. The third-order valence-electron chi connectivity index (χ3n) is 3.86. The van der Waals surface area contributed by atoms with Crippen molar-refractivity contribution in [2.45, 2.75) is 12.1 Å². The van der Waals surface area contributed by atoms with Gasteiger partial charge in [0.2, 0.25) is 11.8 Å². The highest BCUT2D eigenvalue weighted by Gasteiger charge is 2.14. The largest absolute Gasteiger partial charge is 0.493 e. The Kier molecular flexibility index (Phi) is 5.90.